The predicted molar refractivity (Wildman–Crippen MR) is 62.4 cm³/mol. The highest BCUT2D eigenvalue weighted by atomic mass is 19.4. The SMILES string of the molecule is C=C(C)C(=O)OC(CC(F)(F)F)c1ccc(O)cc1. The van der Waals surface area contributed by atoms with Crippen molar-refractivity contribution in [3.05, 3.63) is 42.0 Å². The Bertz CT molecular complexity index is 463. The molecule has 1 N–H and O–H groups in total. The van der Waals surface area contributed by atoms with Gasteiger partial charge in [0.1, 0.15) is 11.9 Å². The van der Waals surface area contributed by atoms with Crippen LogP contribution in [0, 0.1) is 0 Å². The summed E-state index contributed by atoms with van der Waals surface area (Å²) in [6.45, 7) is 4.67. The van der Waals surface area contributed by atoms with Crippen LogP contribution in [-0.4, -0.2) is 17.3 Å². The van der Waals surface area contributed by atoms with Crippen molar-refractivity contribution in [2.45, 2.75) is 25.6 Å². The Kier molecular flexibility index (Phi) is 4.58. The van der Waals surface area contributed by atoms with Gasteiger partial charge in [0.25, 0.3) is 0 Å². The lowest BCUT2D eigenvalue weighted by atomic mass is 10.1. The number of hydrogen-bond acceptors (Lipinski definition) is 3. The molecule has 3 nitrogen and oxygen atoms in total. The van der Waals surface area contributed by atoms with E-state index in [2.05, 4.69) is 6.58 Å². The first-order chi connectivity index (χ1) is 8.69. The standard InChI is InChI=1S/C13H13F3O3/c1-8(2)12(18)19-11(7-13(14,15)16)9-3-5-10(17)6-4-9/h3-6,11,17H,1,7H2,2H3. The van der Waals surface area contributed by atoms with E-state index in [0.29, 0.717) is 0 Å². The maximum absolute atomic E-state index is 12.5. The molecule has 0 saturated carbocycles. The minimum absolute atomic E-state index is 0.0194. The number of phenolic OH excluding ortho intramolecular Hbond substituents is 1. The fourth-order valence-electron chi connectivity index (χ4n) is 1.36. The van der Waals surface area contributed by atoms with Crippen LogP contribution < -0.4 is 0 Å². The van der Waals surface area contributed by atoms with E-state index in [4.69, 9.17) is 9.84 Å². The Morgan fingerprint density at radius 1 is 1.37 bits per heavy atom. The quantitative estimate of drug-likeness (QED) is 0.675. The minimum atomic E-state index is -4.47. The number of esters is 1. The van der Waals surface area contributed by atoms with Gasteiger partial charge in [-0.2, -0.15) is 13.2 Å². The molecule has 0 spiro atoms. The van der Waals surface area contributed by atoms with Gasteiger partial charge in [-0.15, -0.1) is 0 Å². The fourth-order valence-corrected chi connectivity index (χ4v) is 1.36. The van der Waals surface area contributed by atoms with Gasteiger partial charge in [-0.1, -0.05) is 18.7 Å². The molecule has 0 bridgehead atoms. The summed E-state index contributed by atoms with van der Waals surface area (Å²) in [5.41, 5.74) is 0.177. The number of rotatable bonds is 4. The lowest BCUT2D eigenvalue weighted by Crippen LogP contribution is -2.19. The Labute approximate surface area is 108 Å². The zero-order valence-corrected chi connectivity index (χ0v) is 10.2. The van der Waals surface area contributed by atoms with Crippen LogP contribution >= 0.6 is 0 Å². The molecule has 0 aromatic heterocycles. The van der Waals surface area contributed by atoms with Gasteiger partial charge in [0.05, 0.1) is 6.42 Å². The van der Waals surface area contributed by atoms with Crippen LogP contribution in [0.5, 0.6) is 5.75 Å². The topological polar surface area (TPSA) is 46.5 Å². The van der Waals surface area contributed by atoms with Crippen LogP contribution in [-0.2, 0) is 9.53 Å². The maximum Gasteiger partial charge on any atom is 0.392 e. The predicted octanol–water partition coefficient (Wildman–Crippen LogP) is 3.51. The van der Waals surface area contributed by atoms with E-state index in [0.717, 1.165) is 0 Å². The molecule has 1 rings (SSSR count). The second-order valence-electron chi connectivity index (χ2n) is 4.09. The highest BCUT2D eigenvalue weighted by Crippen LogP contribution is 2.33. The van der Waals surface area contributed by atoms with Crippen LogP contribution in [0.15, 0.2) is 36.4 Å². The average Bonchev–Trinajstić information content (AvgIpc) is 2.27. The number of phenols is 1. The van der Waals surface area contributed by atoms with Crippen molar-refractivity contribution in [3.8, 4) is 5.75 Å². The van der Waals surface area contributed by atoms with E-state index < -0.39 is 24.7 Å². The molecule has 19 heavy (non-hydrogen) atoms. The summed E-state index contributed by atoms with van der Waals surface area (Å²) in [5, 5.41) is 9.10. The molecule has 0 aliphatic heterocycles. The smallest absolute Gasteiger partial charge is 0.392 e. The molecular weight excluding hydrogens is 261 g/mol. The number of hydrogen-bond donors (Lipinski definition) is 1. The number of aromatic hydroxyl groups is 1. The van der Waals surface area contributed by atoms with Crippen molar-refractivity contribution < 1.29 is 27.8 Å². The van der Waals surface area contributed by atoms with Crippen LogP contribution in [0.3, 0.4) is 0 Å². The first-order valence-corrected chi connectivity index (χ1v) is 5.41. The molecule has 1 aromatic carbocycles. The van der Waals surface area contributed by atoms with Crippen molar-refractivity contribution in [1.29, 1.82) is 0 Å². The third-order valence-electron chi connectivity index (χ3n) is 2.28. The zero-order valence-electron chi connectivity index (χ0n) is 10.2. The minimum Gasteiger partial charge on any atom is -0.508 e. The van der Waals surface area contributed by atoms with E-state index >= 15 is 0 Å². The van der Waals surface area contributed by atoms with Crippen LogP contribution in [0.1, 0.15) is 25.0 Å². The highest BCUT2D eigenvalue weighted by Gasteiger charge is 2.34. The summed E-state index contributed by atoms with van der Waals surface area (Å²) in [5.74, 6) is -0.969. The van der Waals surface area contributed by atoms with Gasteiger partial charge in [0.15, 0.2) is 0 Å². The largest absolute Gasteiger partial charge is 0.508 e. The summed E-state index contributed by atoms with van der Waals surface area (Å²) in [6, 6.07) is 5.01. The molecule has 0 radical (unpaired) electrons. The number of ether oxygens (including phenoxy) is 1. The van der Waals surface area contributed by atoms with Crippen molar-refractivity contribution >= 4 is 5.97 Å². The van der Waals surface area contributed by atoms with Gasteiger partial charge in [-0.05, 0) is 24.6 Å². The monoisotopic (exact) mass is 274 g/mol. The summed E-state index contributed by atoms with van der Waals surface area (Å²) >= 11 is 0. The number of alkyl halides is 3. The number of carbonyl (C=O) groups is 1. The molecule has 0 aliphatic carbocycles. The van der Waals surface area contributed by atoms with Gasteiger partial charge in [0, 0.05) is 5.57 Å². The Morgan fingerprint density at radius 2 is 1.89 bits per heavy atom. The van der Waals surface area contributed by atoms with Crippen LogP contribution in [0.4, 0.5) is 13.2 Å². The van der Waals surface area contributed by atoms with Gasteiger partial charge >= 0.3 is 12.1 Å². The molecule has 0 aliphatic rings. The highest BCUT2D eigenvalue weighted by molar-refractivity contribution is 5.87. The summed E-state index contributed by atoms with van der Waals surface area (Å²) < 4.78 is 42.2. The lowest BCUT2D eigenvalue weighted by Gasteiger charge is -2.20. The molecular formula is C13H13F3O3. The summed E-state index contributed by atoms with van der Waals surface area (Å²) in [6.07, 6.45) is -7.22. The molecule has 0 saturated heterocycles. The molecule has 1 aromatic rings. The van der Waals surface area contributed by atoms with E-state index in [1.54, 1.807) is 0 Å². The fraction of sp³-hybridized carbons (Fsp3) is 0.308. The average molecular weight is 274 g/mol. The molecule has 104 valence electrons. The van der Waals surface area contributed by atoms with Gasteiger partial charge in [-0.25, -0.2) is 4.79 Å². The normalized spacial score (nSPS) is 12.8. The van der Waals surface area contributed by atoms with E-state index in [1.165, 1.54) is 31.2 Å². The lowest BCUT2D eigenvalue weighted by molar-refractivity contribution is -0.171. The van der Waals surface area contributed by atoms with Crippen molar-refractivity contribution in [2.24, 2.45) is 0 Å². The van der Waals surface area contributed by atoms with Crippen molar-refractivity contribution in [1.82, 2.24) is 0 Å². The van der Waals surface area contributed by atoms with Gasteiger partial charge < -0.3 is 9.84 Å². The maximum atomic E-state index is 12.5. The first-order valence-electron chi connectivity index (χ1n) is 5.41. The molecule has 1 unspecified atom stereocenters. The third kappa shape index (κ3) is 5.03. The zero-order chi connectivity index (χ0) is 14.6. The van der Waals surface area contributed by atoms with Gasteiger partial charge in [0.2, 0.25) is 0 Å². The second kappa shape index (κ2) is 5.77. The molecule has 0 heterocycles. The summed E-state index contributed by atoms with van der Waals surface area (Å²) in [7, 11) is 0. The second-order valence-corrected chi connectivity index (χ2v) is 4.09. The van der Waals surface area contributed by atoms with Crippen LogP contribution in [0.25, 0.3) is 0 Å². The van der Waals surface area contributed by atoms with Crippen molar-refractivity contribution in [3.63, 3.8) is 0 Å². The molecule has 0 amide bonds. The number of carbonyl (C=O) groups excluding carboxylic acids is 1. The third-order valence-corrected chi connectivity index (χ3v) is 2.28. The van der Waals surface area contributed by atoms with E-state index in [-0.39, 0.29) is 16.9 Å². The Morgan fingerprint density at radius 3 is 2.32 bits per heavy atom. The van der Waals surface area contributed by atoms with Crippen LogP contribution in [0.2, 0.25) is 0 Å². The summed E-state index contributed by atoms with van der Waals surface area (Å²) in [4.78, 5) is 11.3. The van der Waals surface area contributed by atoms with Crippen molar-refractivity contribution in [2.75, 3.05) is 0 Å². The van der Waals surface area contributed by atoms with Gasteiger partial charge in [-0.3, -0.25) is 0 Å². The molecule has 6 heteroatoms. The Balaban J connectivity index is 2.95. The van der Waals surface area contributed by atoms with E-state index in [1.807, 2.05) is 0 Å². The van der Waals surface area contributed by atoms with E-state index in [9.17, 15) is 18.0 Å². The Hall–Kier alpha value is -1.98. The first kappa shape index (κ1) is 15.1. The number of benzene rings is 1. The molecule has 1 atom stereocenters. The number of halogens is 3. The molecule has 0 fully saturated rings.